The number of aromatic carboxylic acids is 1. The fraction of sp³-hybridized carbons (Fsp3) is 0.211. The molecule has 3 aromatic rings. The highest BCUT2D eigenvalue weighted by atomic mass is 16.4. The summed E-state index contributed by atoms with van der Waals surface area (Å²) in [5.74, 6) is -0.430. The van der Waals surface area contributed by atoms with Crippen LogP contribution in [0.25, 0.3) is 16.6 Å². The number of carboxylic acids is 1. The van der Waals surface area contributed by atoms with Crippen LogP contribution in [-0.2, 0) is 0 Å². The lowest BCUT2D eigenvalue weighted by Crippen LogP contribution is -2.23. The molecule has 126 valence electrons. The second kappa shape index (κ2) is 5.44. The summed E-state index contributed by atoms with van der Waals surface area (Å²) in [6.45, 7) is 1.95. The zero-order valence-electron chi connectivity index (χ0n) is 13.7. The molecule has 1 aliphatic carbocycles. The number of rotatable bonds is 3. The lowest BCUT2D eigenvalue weighted by molar-refractivity contribution is 0.0694. The van der Waals surface area contributed by atoms with E-state index in [0.29, 0.717) is 11.7 Å². The largest absolute Gasteiger partial charge is 0.477 e. The van der Waals surface area contributed by atoms with Gasteiger partial charge in [0, 0.05) is 18.0 Å². The van der Waals surface area contributed by atoms with Crippen LogP contribution in [0.5, 0.6) is 0 Å². The molecule has 0 amide bonds. The third-order valence-corrected chi connectivity index (χ3v) is 4.76. The Kier molecular flexibility index (Phi) is 3.35. The fourth-order valence-electron chi connectivity index (χ4n) is 3.33. The van der Waals surface area contributed by atoms with E-state index in [4.69, 9.17) is 5.73 Å². The number of pyridine rings is 3. The maximum absolute atomic E-state index is 12.6. The van der Waals surface area contributed by atoms with Gasteiger partial charge in [-0.25, -0.2) is 9.78 Å². The molecule has 3 aromatic heterocycles. The molecule has 6 heteroatoms. The molecule has 0 bridgehead atoms. The van der Waals surface area contributed by atoms with Crippen molar-refractivity contribution in [2.75, 3.05) is 5.73 Å². The third kappa shape index (κ3) is 2.46. The van der Waals surface area contributed by atoms with Crippen LogP contribution in [0.1, 0.15) is 40.2 Å². The quantitative estimate of drug-likeness (QED) is 0.767. The summed E-state index contributed by atoms with van der Waals surface area (Å²) in [6.07, 6.45) is 5.38. The van der Waals surface area contributed by atoms with Gasteiger partial charge < -0.3 is 10.8 Å². The van der Waals surface area contributed by atoms with Gasteiger partial charge in [-0.05, 0) is 66.6 Å². The number of carboxylic acid groups (broad SMARTS) is 1. The molecule has 0 aromatic carbocycles. The van der Waals surface area contributed by atoms with Crippen LogP contribution in [0.15, 0.2) is 41.5 Å². The number of fused-ring (bicyclic) bond motifs is 1. The maximum atomic E-state index is 12.6. The van der Waals surface area contributed by atoms with Crippen LogP contribution in [0.4, 0.5) is 5.82 Å². The van der Waals surface area contributed by atoms with Gasteiger partial charge in [-0.1, -0.05) is 0 Å². The van der Waals surface area contributed by atoms with Crippen molar-refractivity contribution in [2.24, 2.45) is 0 Å². The molecule has 1 fully saturated rings. The summed E-state index contributed by atoms with van der Waals surface area (Å²) < 4.78 is 1.46. The normalized spacial score (nSPS) is 14.0. The van der Waals surface area contributed by atoms with E-state index >= 15 is 0 Å². The number of nitrogens with zero attached hydrogens (tertiary/aromatic N) is 2. The summed E-state index contributed by atoms with van der Waals surface area (Å²) in [5.41, 5.74) is 9.50. The first kappa shape index (κ1) is 15.4. The zero-order chi connectivity index (χ0) is 17.7. The Morgan fingerprint density at radius 1 is 1.32 bits per heavy atom. The Morgan fingerprint density at radius 3 is 2.68 bits per heavy atom. The summed E-state index contributed by atoms with van der Waals surface area (Å²) >= 11 is 0. The molecule has 0 atom stereocenters. The van der Waals surface area contributed by atoms with Crippen molar-refractivity contribution in [3.63, 3.8) is 0 Å². The van der Waals surface area contributed by atoms with E-state index in [1.165, 1.54) is 4.40 Å². The first-order valence-electron chi connectivity index (χ1n) is 8.11. The van der Waals surface area contributed by atoms with Gasteiger partial charge >= 0.3 is 5.97 Å². The van der Waals surface area contributed by atoms with Crippen molar-refractivity contribution in [2.45, 2.75) is 25.7 Å². The lowest BCUT2D eigenvalue weighted by atomic mass is 9.97. The topological polar surface area (TPSA) is 97.7 Å². The first-order valence-corrected chi connectivity index (χ1v) is 8.11. The first-order chi connectivity index (χ1) is 12.0. The molecule has 3 heterocycles. The molecule has 4 rings (SSSR count). The second-order valence-corrected chi connectivity index (χ2v) is 6.44. The van der Waals surface area contributed by atoms with Crippen LogP contribution in [0.2, 0.25) is 0 Å². The molecule has 1 aliphatic rings. The fourth-order valence-corrected chi connectivity index (χ4v) is 3.33. The number of aryl methyl sites for hydroxylation is 1. The van der Waals surface area contributed by atoms with Crippen molar-refractivity contribution in [3.05, 3.63) is 63.7 Å². The molecule has 0 aliphatic heterocycles. The second-order valence-electron chi connectivity index (χ2n) is 6.44. The molecule has 1 saturated carbocycles. The molecule has 0 unspecified atom stereocenters. The molecule has 25 heavy (non-hydrogen) atoms. The van der Waals surface area contributed by atoms with Crippen LogP contribution < -0.4 is 11.3 Å². The van der Waals surface area contributed by atoms with E-state index in [-0.39, 0.29) is 5.56 Å². The number of nitrogen functional groups attached to an aromatic ring is 1. The smallest absolute Gasteiger partial charge is 0.341 e. The monoisotopic (exact) mass is 335 g/mol. The Bertz CT molecular complexity index is 1060. The molecular weight excluding hydrogens is 318 g/mol. The molecule has 0 saturated heterocycles. The van der Waals surface area contributed by atoms with Crippen LogP contribution in [0.3, 0.4) is 0 Å². The summed E-state index contributed by atoms with van der Waals surface area (Å²) in [7, 11) is 0. The summed E-state index contributed by atoms with van der Waals surface area (Å²) in [4.78, 5) is 28.1. The zero-order valence-corrected chi connectivity index (χ0v) is 13.7. The number of carbonyl (C=O) groups is 1. The van der Waals surface area contributed by atoms with E-state index in [2.05, 4.69) is 4.98 Å². The Balaban J connectivity index is 2.05. The highest BCUT2D eigenvalue weighted by Crippen LogP contribution is 2.43. The molecule has 3 N–H and O–H groups in total. The highest BCUT2D eigenvalue weighted by Gasteiger charge is 2.29. The predicted octanol–water partition coefficient (Wildman–Crippen LogP) is 2.83. The van der Waals surface area contributed by atoms with E-state index in [0.717, 1.165) is 40.6 Å². The van der Waals surface area contributed by atoms with Crippen molar-refractivity contribution in [3.8, 4) is 11.1 Å². The molecule has 0 radical (unpaired) electrons. The molecule has 0 spiro atoms. The number of anilines is 1. The maximum Gasteiger partial charge on any atom is 0.341 e. The van der Waals surface area contributed by atoms with Gasteiger partial charge in [0.1, 0.15) is 11.4 Å². The minimum absolute atomic E-state index is 0.180. The Labute approximate surface area is 143 Å². The number of hydrogen-bond acceptors (Lipinski definition) is 4. The van der Waals surface area contributed by atoms with Crippen molar-refractivity contribution >= 4 is 17.3 Å². The molecular formula is C19H17N3O3. The Hall–Kier alpha value is -3.15. The lowest BCUT2D eigenvalue weighted by Gasteiger charge is -2.15. The predicted molar refractivity (Wildman–Crippen MR) is 95.0 cm³/mol. The molecule has 6 nitrogen and oxygen atoms in total. The Morgan fingerprint density at radius 2 is 2.08 bits per heavy atom. The van der Waals surface area contributed by atoms with Crippen molar-refractivity contribution in [1.29, 1.82) is 0 Å². The minimum atomic E-state index is -1.19. The van der Waals surface area contributed by atoms with Gasteiger partial charge in [0.15, 0.2) is 0 Å². The van der Waals surface area contributed by atoms with Gasteiger partial charge in [0.05, 0.1) is 5.52 Å². The average molecular weight is 335 g/mol. The third-order valence-electron chi connectivity index (χ3n) is 4.76. The van der Waals surface area contributed by atoms with E-state index < -0.39 is 11.5 Å². The standard InChI is InChI=1S/C19H17N3O3/c1-10-13(12-4-5-16(20)21-9-12)6-7-22-17(10)14(11-2-3-11)8-15(18(22)23)19(24)25/h4-9,11H,2-3H2,1H3,(H2,20,21)(H,24,25). The highest BCUT2D eigenvalue weighted by molar-refractivity contribution is 5.89. The van der Waals surface area contributed by atoms with Gasteiger partial charge in [-0.2, -0.15) is 0 Å². The minimum Gasteiger partial charge on any atom is -0.477 e. The van der Waals surface area contributed by atoms with E-state index in [1.54, 1.807) is 24.5 Å². The summed E-state index contributed by atoms with van der Waals surface area (Å²) in [5, 5.41) is 9.35. The van der Waals surface area contributed by atoms with Gasteiger partial charge in [0.25, 0.3) is 5.56 Å². The van der Waals surface area contributed by atoms with E-state index in [1.807, 2.05) is 19.1 Å². The van der Waals surface area contributed by atoms with Crippen molar-refractivity contribution < 1.29 is 9.90 Å². The summed E-state index contributed by atoms with van der Waals surface area (Å²) in [6, 6.07) is 7.00. The van der Waals surface area contributed by atoms with Crippen LogP contribution in [0, 0.1) is 6.92 Å². The van der Waals surface area contributed by atoms with Crippen LogP contribution >= 0.6 is 0 Å². The van der Waals surface area contributed by atoms with Crippen molar-refractivity contribution in [1.82, 2.24) is 9.38 Å². The number of hydrogen-bond donors (Lipinski definition) is 2. The van der Waals surface area contributed by atoms with E-state index in [9.17, 15) is 14.7 Å². The van der Waals surface area contributed by atoms with Gasteiger partial charge in [0.2, 0.25) is 0 Å². The average Bonchev–Trinajstić information content (AvgIpc) is 3.41. The van der Waals surface area contributed by atoms with Gasteiger partial charge in [-0.3, -0.25) is 9.20 Å². The SMILES string of the molecule is Cc1c(-c2ccc(N)nc2)ccn2c(=O)c(C(=O)O)cc(C3CC3)c12. The van der Waals surface area contributed by atoms with Crippen LogP contribution in [-0.4, -0.2) is 20.5 Å². The number of nitrogens with two attached hydrogens (primary N) is 1. The van der Waals surface area contributed by atoms with Gasteiger partial charge in [-0.15, -0.1) is 0 Å². The number of aromatic nitrogens is 2.